The van der Waals surface area contributed by atoms with E-state index in [2.05, 4.69) is 19.6 Å². The van der Waals surface area contributed by atoms with E-state index in [0.29, 0.717) is 44.8 Å². The maximum Gasteiger partial charge on any atom is 0.418 e. The number of aromatic nitrogens is 2. The van der Waals surface area contributed by atoms with Crippen molar-refractivity contribution in [2.75, 3.05) is 43.5 Å². The van der Waals surface area contributed by atoms with Gasteiger partial charge >= 0.3 is 12.2 Å². The Morgan fingerprint density at radius 2 is 1.94 bits per heavy atom. The summed E-state index contributed by atoms with van der Waals surface area (Å²) in [7, 11) is 1.62. The first-order chi connectivity index (χ1) is 16.3. The Bertz CT molecular complexity index is 1140. The summed E-state index contributed by atoms with van der Waals surface area (Å²) in [5.74, 6) is 1.48. The van der Waals surface area contributed by atoms with E-state index in [0.717, 1.165) is 22.5 Å². The van der Waals surface area contributed by atoms with Crippen molar-refractivity contribution in [1.82, 2.24) is 14.3 Å². The number of amides is 2. The second-order valence-corrected chi connectivity index (χ2v) is 8.55. The number of benzene rings is 2. The van der Waals surface area contributed by atoms with Gasteiger partial charge in [0.25, 0.3) is 0 Å². The first-order valence-corrected chi connectivity index (χ1v) is 11.5. The van der Waals surface area contributed by atoms with Crippen molar-refractivity contribution >= 4 is 28.4 Å². The van der Waals surface area contributed by atoms with Gasteiger partial charge in [0.2, 0.25) is 5.13 Å². The SMILES string of the molecule is COc1cccc(Cc2nsc(N3CCCN(C(=O)Nc4ccccc4C(F)(F)F)CC3)n2)c1. The monoisotopic (exact) mass is 491 g/mol. The number of alkyl halides is 3. The van der Waals surface area contributed by atoms with Gasteiger partial charge in [0.15, 0.2) is 0 Å². The minimum atomic E-state index is -4.54. The van der Waals surface area contributed by atoms with Crippen LogP contribution in [-0.4, -0.2) is 53.6 Å². The van der Waals surface area contributed by atoms with Crippen molar-refractivity contribution in [1.29, 1.82) is 0 Å². The standard InChI is InChI=1S/C23H24F3N5O2S/c1-33-17-7-4-6-16(14-17)15-20-28-22(34-29-20)31-11-5-10-30(12-13-31)21(32)27-19-9-3-2-8-18(19)23(24,25)26/h2-4,6-9,14H,5,10-13,15H2,1H3,(H,27,32). The van der Waals surface area contributed by atoms with Crippen LogP contribution in [0, 0.1) is 0 Å². The topological polar surface area (TPSA) is 70.6 Å². The molecule has 0 bridgehead atoms. The molecule has 2 amide bonds. The van der Waals surface area contributed by atoms with Crippen LogP contribution in [0.15, 0.2) is 48.5 Å². The molecule has 180 valence electrons. The van der Waals surface area contributed by atoms with Gasteiger partial charge in [-0.1, -0.05) is 24.3 Å². The van der Waals surface area contributed by atoms with Gasteiger partial charge in [0, 0.05) is 44.1 Å². The van der Waals surface area contributed by atoms with Crippen LogP contribution < -0.4 is 15.0 Å². The average molecular weight is 492 g/mol. The van der Waals surface area contributed by atoms with E-state index in [1.807, 2.05) is 24.3 Å². The third-order valence-electron chi connectivity index (χ3n) is 5.48. The number of methoxy groups -OCH3 is 1. The molecule has 1 aromatic heterocycles. The number of ether oxygens (including phenoxy) is 1. The molecule has 2 aromatic carbocycles. The number of nitrogens with zero attached hydrogens (tertiary/aromatic N) is 4. The van der Waals surface area contributed by atoms with Gasteiger partial charge in [-0.05, 0) is 36.2 Å². The predicted octanol–water partition coefficient (Wildman–Crippen LogP) is 4.90. The Kier molecular flexibility index (Phi) is 7.20. The summed E-state index contributed by atoms with van der Waals surface area (Å²) in [4.78, 5) is 20.9. The van der Waals surface area contributed by atoms with E-state index in [9.17, 15) is 18.0 Å². The molecule has 7 nitrogen and oxygen atoms in total. The van der Waals surface area contributed by atoms with E-state index in [1.165, 1.54) is 34.6 Å². The van der Waals surface area contributed by atoms with Crippen molar-refractivity contribution in [2.45, 2.75) is 19.0 Å². The van der Waals surface area contributed by atoms with Gasteiger partial charge in [-0.25, -0.2) is 9.78 Å². The molecule has 2 heterocycles. The number of carbonyl (C=O) groups is 1. The molecule has 1 N–H and O–H groups in total. The van der Waals surface area contributed by atoms with Crippen LogP contribution in [0.5, 0.6) is 5.75 Å². The van der Waals surface area contributed by atoms with Crippen LogP contribution in [0.4, 0.5) is 28.8 Å². The minimum Gasteiger partial charge on any atom is -0.497 e. The van der Waals surface area contributed by atoms with Gasteiger partial charge < -0.3 is 19.9 Å². The summed E-state index contributed by atoms with van der Waals surface area (Å²) in [5.41, 5.74) is -0.0637. The molecule has 0 aliphatic carbocycles. The number of carbonyl (C=O) groups excluding carboxylic acids is 1. The fourth-order valence-corrected chi connectivity index (χ4v) is 4.49. The fraction of sp³-hybridized carbons (Fsp3) is 0.348. The molecule has 1 aliphatic rings. The van der Waals surface area contributed by atoms with E-state index in [1.54, 1.807) is 7.11 Å². The van der Waals surface area contributed by atoms with E-state index in [4.69, 9.17) is 4.74 Å². The Morgan fingerprint density at radius 3 is 2.74 bits per heavy atom. The van der Waals surface area contributed by atoms with Gasteiger partial charge in [0.1, 0.15) is 11.6 Å². The molecular formula is C23H24F3N5O2S. The summed E-state index contributed by atoms with van der Waals surface area (Å²) in [6.07, 6.45) is -3.30. The van der Waals surface area contributed by atoms with E-state index in [-0.39, 0.29) is 5.69 Å². The van der Waals surface area contributed by atoms with Crippen LogP contribution in [-0.2, 0) is 12.6 Å². The van der Waals surface area contributed by atoms with Crippen molar-refractivity contribution < 1.29 is 22.7 Å². The van der Waals surface area contributed by atoms with Crippen molar-refractivity contribution in [3.8, 4) is 5.75 Å². The van der Waals surface area contributed by atoms with Crippen LogP contribution in [0.2, 0.25) is 0 Å². The van der Waals surface area contributed by atoms with Gasteiger partial charge in [-0.2, -0.15) is 17.5 Å². The highest BCUT2D eigenvalue weighted by Crippen LogP contribution is 2.34. The summed E-state index contributed by atoms with van der Waals surface area (Å²) in [6.45, 7) is 2.00. The molecule has 34 heavy (non-hydrogen) atoms. The van der Waals surface area contributed by atoms with Gasteiger partial charge in [0.05, 0.1) is 18.4 Å². The lowest BCUT2D eigenvalue weighted by Crippen LogP contribution is -2.38. The normalized spacial score (nSPS) is 14.6. The summed E-state index contributed by atoms with van der Waals surface area (Å²) in [5, 5.41) is 3.19. The first-order valence-electron chi connectivity index (χ1n) is 10.8. The van der Waals surface area contributed by atoms with Crippen LogP contribution >= 0.6 is 11.5 Å². The Balaban J connectivity index is 1.37. The maximum absolute atomic E-state index is 13.2. The molecular weight excluding hydrogens is 467 g/mol. The number of urea groups is 1. The lowest BCUT2D eigenvalue weighted by atomic mass is 10.1. The number of nitrogens with one attached hydrogen (secondary N) is 1. The molecule has 1 aliphatic heterocycles. The van der Waals surface area contributed by atoms with E-state index >= 15 is 0 Å². The third kappa shape index (κ3) is 5.77. The largest absolute Gasteiger partial charge is 0.497 e. The van der Waals surface area contributed by atoms with Crippen LogP contribution in [0.1, 0.15) is 23.4 Å². The van der Waals surface area contributed by atoms with Gasteiger partial charge in [-0.15, -0.1) is 0 Å². The minimum absolute atomic E-state index is 0.243. The quantitative estimate of drug-likeness (QED) is 0.550. The number of para-hydroxylation sites is 1. The molecule has 11 heteroatoms. The lowest BCUT2D eigenvalue weighted by molar-refractivity contribution is -0.136. The highest BCUT2D eigenvalue weighted by molar-refractivity contribution is 7.09. The smallest absolute Gasteiger partial charge is 0.418 e. The van der Waals surface area contributed by atoms with E-state index < -0.39 is 17.8 Å². The number of hydrogen-bond acceptors (Lipinski definition) is 6. The maximum atomic E-state index is 13.2. The van der Waals surface area contributed by atoms with Crippen molar-refractivity contribution in [3.05, 3.63) is 65.5 Å². The van der Waals surface area contributed by atoms with Crippen molar-refractivity contribution in [3.63, 3.8) is 0 Å². The molecule has 0 radical (unpaired) electrons. The molecule has 0 atom stereocenters. The Labute approximate surface area is 199 Å². The van der Waals surface area contributed by atoms with Gasteiger partial charge in [-0.3, -0.25) is 0 Å². The highest BCUT2D eigenvalue weighted by Gasteiger charge is 2.34. The average Bonchev–Trinajstić information content (AvgIpc) is 3.13. The number of halogens is 3. The zero-order valence-electron chi connectivity index (χ0n) is 18.5. The molecule has 1 saturated heterocycles. The summed E-state index contributed by atoms with van der Waals surface area (Å²) in [6, 6.07) is 12.2. The zero-order valence-corrected chi connectivity index (χ0v) is 19.3. The molecule has 1 fully saturated rings. The summed E-state index contributed by atoms with van der Waals surface area (Å²) < 4.78 is 49.4. The summed E-state index contributed by atoms with van der Waals surface area (Å²) >= 11 is 1.30. The predicted molar refractivity (Wildman–Crippen MR) is 125 cm³/mol. The Morgan fingerprint density at radius 1 is 1.12 bits per heavy atom. The second kappa shape index (κ2) is 10.3. The molecule has 0 spiro atoms. The highest BCUT2D eigenvalue weighted by atomic mass is 32.1. The molecule has 0 saturated carbocycles. The third-order valence-corrected chi connectivity index (χ3v) is 6.30. The second-order valence-electron chi connectivity index (χ2n) is 7.82. The molecule has 0 unspecified atom stereocenters. The zero-order chi connectivity index (χ0) is 24.1. The van der Waals surface area contributed by atoms with Crippen molar-refractivity contribution in [2.24, 2.45) is 0 Å². The number of hydrogen-bond donors (Lipinski definition) is 1. The van der Waals surface area contributed by atoms with Crippen LogP contribution in [0.3, 0.4) is 0 Å². The lowest BCUT2D eigenvalue weighted by Gasteiger charge is -2.23. The number of anilines is 2. The first kappa shape index (κ1) is 23.8. The van der Waals surface area contributed by atoms with Crippen LogP contribution in [0.25, 0.3) is 0 Å². The fourth-order valence-electron chi connectivity index (χ4n) is 3.76. The molecule has 3 aromatic rings. The number of rotatable bonds is 5. The Hall–Kier alpha value is -3.34. The molecule has 4 rings (SSSR count).